The Labute approximate surface area is 168 Å². The van der Waals surface area contributed by atoms with Crippen molar-refractivity contribution in [2.45, 2.75) is 31.5 Å². The minimum atomic E-state index is -0.225. The lowest BCUT2D eigenvalue weighted by Gasteiger charge is -2.32. The lowest BCUT2D eigenvalue weighted by molar-refractivity contribution is 0.249. The molecule has 2 aliphatic heterocycles. The Balaban J connectivity index is 1.62. The van der Waals surface area contributed by atoms with Gasteiger partial charge in [0.1, 0.15) is 17.9 Å². The molecule has 1 saturated heterocycles. The Morgan fingerprint density at radius 3 is 2.71 bits per heavy atom. The lowest BCUT2D eigenvalue weighted by atomic mass is 9.99. The quantitative estimate of drug-likeness (QED) is 0.627. The second-order valence-corrected chi connectivity index (χ2v) is 8.10. The summed E-state index contributed by atoms with van der Waals surface area (Å²) in [6.07, 6.45) is 4.95. The van der Waals surface area contributed by atoms with Crippen molar-refractivity contribution in [1.29, 1.82) is 0 Å². The third-order valence-electron chi connectivity index (χ3n) is 5.52. The van der Waals surface area contributed by atoms with Gasteiger partial charge in [-0.15, -0.1) is 0 Å². The summed E-state index contributed by atoms with van der Waals surface area (Å²) in [5.41, 5.74) is 3.09. The molecular weight excluding hydrogens is 371 g/mol. The van der Waals surface area contributed by atoms with Crippen LogP contribution in [0.4, 0.5) is 4.39 Å². The molecule has 5 rings (SSSR count). The van der Waals surface area contributed by atoms with Gasteiger partial charge in [0.05, 0.1) is 5.69 Å². The van der Waals surface area contributed by atoms with E-state index in [1.54, 1.807) is 0 Å². The summed E-state index contributed by atoms with van der Waals surface area (Å²) in [5, 5.41) is 1.11. The van der Waals surface area contributed by atoms with E-state index < -0.39 is 0 Å². The number of thioether (sulfide) groups is 1. The van der Waals surface area contributed by atoms with Crippen molar-refractivity contribution >= 4 is 16.9 Å². The van der Waals surface area contributed by atoms with Crippen LogP contribution in [-0.2, 0) is 0 Å². The van der Waals surface area contributed by atoms with E-state index in [0.717, 1.165) is 34.4 Å². The molecule has 0 amide bonds. The van der Waals surface area contributed by atoms with E-state index in [2.05, 4.69) is 39.6 Å². The minimum absolute atomic E-state index is 0.0489. The van der Waals surface area contributed by atoms with Crippen LogP contribution in [0.5, 0.6) is 0 Å². The van der Waals surface area contributed by atoms with Crippen LogP contribution in [0.1, 0.15) is 36.8 Å². The van der Waals surface area contributed by atoms with Gasteiger partial charge in [-0.3, -0.25) is 9.98 Å². The zero-order valence-electron chi connectivity index (χ0n) is 15.6. The molecule has 0 spiro atoms. The molecule has 2 aliphatic rings. The van der Waals surface area contributed by atoms with E-state index in [4.69, 9.17) is 4.99 Å². The van der Waals surface area contributed by atoms with Crippen molar-refractivity contribution in [1.82, 2.24) is 14.5 Å². The van der Waals surface area contributed by atoms with Gasteiger partial charge < -0.3 is 9.47 Å². The van der Waals surface area contributed by atoms with Gasteiger partial charge in [0, 0.05) is 35.6 Å². The van der Waals surface area contributed by atoms with E-state index in [-0.39, 0.29) is 17.9 Å². The summed E-state index contributed by atoms with van der Waals surface area (Å²) in [7, 11) is 0. The average molecular weight is 393 g/mol. The van der Waals surface area contributed by atoms with Gasteiger partial charge >= 0.3 is 0 Å². The van der Waals surface area contributed by atoms with E-state index in [9.17, 15) is 4.39 Å². The molecule has 3 atom stereocenters. The van der Waals surface area contributed by atoms with Crippen molar-refractivity contribution in [3.63, 3.8) is 0 Å². The molecule has 4 nitrogen and oxygen atoms in total. The van der Waals surface area contributed by atoms with E-state index in [1.807, 2.05) is 48.4 Å². The number of hydrogen-bond donors (Lipinski definition) is 0. The third kappa shape index (κ3) is 2.83. The highest BCUT2D eigenvalue weighted by atomic mass is 32.2. The van der Waals surface area contributed by atoms with Crippen molar-refractivity contribution in [2.75, 3.05) is 5.75 Å². The van der Waals surface area contributed by atoms with Crippen molar-refractivity contribution in [3.8, 4) is 5.69 Å². The molecule has 1 aromatic carbocycles. The highest BCUT2D eigenvalue weighted by Crippen LogP contribution is 2.48. The standard InChI is InChI=1S/C22H21FN4S/c1-2-16-14-28-22-25-20(18-6-3-4-12-24-18)21(27(16)22)19-7-5-13-26(19)17-10-8-15(23)9-11-17/h3-13,16,20-21H,2,14H2,1H3/t16-,20-,21+/m1/s1. The molecule has 6 heteroatoms. The van der Waals surface area contributed by atoms with Gasteiger partial charge in [-0.2, -0.15) is 0 Å². The molecule has 28 heavy (non-hydrogen) atoms. The van der Waals surface area contributed by atoms with Crippen LogP contribution in [0.25, 0.3) is 5.69 Å². The molecule has 142 valence electrons. The minimum Gasteiger partial charge on any atom is -0.337 e. The van der Waals surface area contributed by atoms with Crippen molar-refractivity contribution < 1.29 is 4.39 Å². The first-order valence-electron chi connectivity index (χ1n) is 9.59. The molecular formula is C22H21FN4S. The van der Waals surface area contributed by atoms with Gasteiger partial charge in [0.2, 0.25) is 0 Å². The van der Waals surface area contributed by atoms with Gasteiger partial charge in [0.25, 0.3) is 0 Å². The van der Waals surface area contributed by atoms with Crippen LogP contribution in [0, 0.1) is 5.82 Å². The summed E-state index contributed by atoms with van der Waals surface area (Å²) in [6.45, 7) is 2.23. The van der Waals surface area contributed by atoms with Crippen LogP contribution in [0.15, 0.2) is 72.0 Å². The maximum Gasteiger partial charge on any atom is 0.160 e. The smallest absolute Gasteiger partial charge is 0.160 e. The highest BCUT2D eigenvalue weighted by molar-refractivity contribution is 8.14. The number of aliphatic imine (C=N–C) groups is 1. The molecule has 0 saturated carbocycles. The van der Waals surface area contributed by atoms with Crippen LogP contribution in [-0.4, -0.2) is 31.4 Å². The Hall–Kier alpha value is -2.60. The number of hydrogen-bond acceptors (Lipinski definition) is 4. The summed E-state index contributed by atoms with van der Waals surface area (Å²) in [4.78, 5) is 12.2. The molecule has 1 fully saturated rings. The Morgan fingerprint density at radius 1 is 1.11 bits per heavy atom. The fourth-order valence-corrected chi connectivity index (χ4v) is 5.48. The largest absolute Gasteiger partial charge is 0.337 e. The average Bonchev–Trinajstić information content (AvgIpc) is 3.44. The number of benzene rings is 1. The first-order chi connectivity index (χ1) is 13.8. The number of nitrogens with zero attached hydrogens (tertiary/aromatic N) is 4. The molecule has 0 aliphatic carbocycles. The summed E-state index contributed by atoms with van der Waals surface area (Å²) >= 11 is 1.84. The molecule has 2 aromatic heterocycles. The maximum atomic E-state index is 13.4. The number of halogens is 1. The molecule has 0 unspecified atom stereocenters. The first kappa shape index (κ1) is 17.5. The SMILES string of the molecule is CC[C@@H]1CSC2=N[C@H](c3ccccn3)[C@H](c3cccn3-c3ccc(F)cc3)N21. The number of amidine groups is 1. The molecule has 0 N–H and O–H groups in total. The summed E-state index contributed by atoms with van der Waals surface area (Å²) in [5.74, 6) is 0.843. The predicted octanol–water partition coefficient (Wildman–Crippen LogP) is 4.99. The fraction of sp³-hybridized carbons (Fsp3) is 0.273. The zero-order chi connectivity index (χ0) is 19.1. The van der Waals surface area contributed by atoms with Gasteiger partial charge in [-0.1, -0.05) is 24.8 Å². The zero-order valence-corrected chi connectivity index (χ0v) is 16.4. The maximum absolute atomic E-state index is 13.4. The Morgan fingerprint density at radius 2 is 1.96 bits per heavy atom. The Bertz CT molecular complexity index is 999. The first-order valence-corrected chi connectivity index (χ1v) is 10.6. The lowest BCUT2D eigenvalue weighted by Crippen LogP contribution is -2.36. The van der Waals surface area contributed by atoms with E-state index in [1.165, 1.54) is 12.1 Å². The van der Waals surface area contributed by atoms with Crippen molar-refractivity contribution in [3.05, 3.63) is 84.2 Å². The topological polar surface area (TPSA) is 33.4 Å². The Kier molecular flexibility index (Phi) is 4.43. The van der Waals surface area contributed by atoms with Crippen LogP contribution in [0.2, 0.25) is 0 Å². The number of fused-ring (bicyclic) bond motifs is 1. The molecule has 4 heterocycles. The van der Waals surface area contributed by atoms with Gasteiger partial charge in [-0.25, -0.2) is 4.39 Å². The third-order valence-corrected chi connectivity index (χ3v) is 6.64. The molecule has 0 radical (unpaired) electrons. The molecule has 0 bridgehead atoms. The molecule has 3 aromatic rings. The summed E-state index contributed by atoms with van der Waals surface area (Å²) in [6, 6.07) is 17.4. The van der Waals surface area contributed by atoms with Gasteiger partial charge in [0.15, 0.2) is 5.17 Å². The number of rotatable bonds is 4. The second kappa shape index (κ2) is 7.09. The predicted molar refractivity (Wildman–Crippen MR) is 111 cm³/mol. The second-order valence-electron chi connectivity index (χ2n) is 7.12. The van der Waals surface area contributed by atoms with Crippen LogP contribution in [0.3, 0.4) is 0 Å². The summed E-state index contributed by atoms with van der Waals surface area (Å²) < 4.78 is 15.6. The van der Waals surface area contributed by atoms with Gasteiger partial charge in [-0.05, 0) is 55.0 Å². The highest BCUT2D eigenvalue weighted by Gasteiger charge is 2.46. The van der Waals surface area contributed by atoms with Crippen molar-refractivity contribution in [2.24, 2.45) is 4.99 Å². The number of aromatic nitrogens is 2. The van der Waals surface area contributed by atoms with E-state index >= 15 is 0 Å². The normalized spacial score (nSPS) is 23.7. The van der Waals surface area contributed by atoms with Crippen LogP contribution >= 0.6 is 11.8 Å². The fourth-order valence-electron chi connectivity index (χ4n) is 4.14. The van der Waals surface area contributed by atoms with E-state index in [0.29, 0.717) is 6.04 Å². The van der Waals surface area contributed by atoms with Crippen LogP contribution < -0.4 is 0 Å². The monoisotopic (exact) mass is 392 g/mol. The number of pyridine rings is 1.